The molecule has 1 fully saturated rings. The second-order valence-electron chi connectivity index (χ2n) is 12.7. The van der Waals surface area contributed by atoms with Crippen LogP contribution < -0.4 is 16.4 Å². The summed E-state index contributed by atoms with van der Waals surface area (Å²) in [5, 5.41) is 10.5. The molecule has 47 heavy (non-hydrogen) atoms. The third kappa shape index (κ3) is 8.02. The molecule has 13 heteroatoms. The van der Waals surface area contributed by atoms with E-state index in [9.17, 15) is 23.6 Å². The summed E-state index contributed by atoms with van der Waals surface area (Å²) in [6.07, 6.45) is 2.08. The van der Waals surface area contributed by atoms with Crippen molar-refractivity contribution >= 4 is 23.6 Å². The van der Waals surface area contributed by atoms with E-state index in [4.69, 9.17) is 5.73 Å². The Morgan fingerprint density at radius 1 is 1.09 bits per heavy atom. The molecule has 4 N–H and O–H groups in total. The number of nitrogens with zero attached hydrogens (tertiary/aromatic N) is 5. The van der Waals surface area contributed by atoms with Gasteiger partial charge in [0, 0.05) is 31.2 Å². The summed E-state index contributed by atoms with van der Waals surface area (Å²) < 4.78 is 16.3. The minimum atomic E-state index is -0.782. The van der Waals surface area contributed by atoms with Crippen LogP contribution in [0.1, 0.15) is 67.8 Å². The molecule has 0 saturated carbocycles. The molecule has 2 aliphatic heterocycles. The van der Waals surface area contributed by atoms with E-state index in [-0.39, 0.29) is 42.9 Å². The van der Waals surface area contributed by atoms with Crippen molar-refractivity contribution in [3.05, 3.63) is 71.3 Å². The van der Waals surface area contributed by atoms with Crippen molar-refractivity contribution in [1.29, 1.82) is 0 Å². The number of hydrogen-bond acceptors (Lipinski definition) is 7. The van der Waals surface area contributed by atoms with Gasteiger partial charge in [-0.15, -0.1) is 0 Å². The molecular weight excluding hydrogens is 603 g/mol. The minimum Gasteiger partial charge on any atom is -0.355 e. The van der Waals surface area contributed by atoms with Crippen LogP contribution in [0.5, 0.6) is 0 Å². The zero-order valence-corrected chi connectivity index (χ0v) is 27.1. The summed E-state index contributed by atoms with van der Waals surface area (Å²) >= 11 is 0. The second-order valence-corrected chi connectivity index (χ2v) is 12.7. The molecule has 3 aromatic rings. The van der Waals surface area contributed by atoms with Crippen LogP contribution in [0.25, 0.3) is 11.4 Å². The fourth-order valence-electron chi connectivity index (χ4n) is 6.02. The summed E-state index contributed by atoms with van der Waals surface area (Å²) in [6, 6.07) is 11.9. The lowest BCUT2D eigenvalue weighted by atomic mass is 10.0. The van der Waals surface area contributed by atoms with Gasteiger partial charge in [0.2, 0.25) is 17.7 Å². The van der Waals surface area contributed by atoms with Crippen LogP contribution in [0.4, 0.5) is 4.39 Å². The Morgan fingerprint density at radius 3 is 2.57 bits per heavy atom. The number of nitrogens with two attached hydrogens (primary N) is 1. The van der Waals surface area contributed by atoms with Crippen molar-refractivity contribution in [2.75, 3.05) is 26.2 Å². The first-order valence-electron chi connectivity index (χ1n) is 16.2. The van der Waals surface area contributed by atoms with E-state index in [2.05, 4.69) is 20.7 Å². The maximum atomic E-state index is 14.8. The molecule has 0 radical (unpaired) electrons. The fourth-order valence-corrected chi connectivity index (χ4v) is 6.02. The van der Waals surface area contributed by atoms with E-state index in [1.165, 1.54) is 26.6 Å². The third-order valence-electron chi connectivity index (χ3n) is 8.70. The Bertz CT molecular complexity index is 1610. The Labute approximate surface area is 273 Å². The minimum absolute atomic E-state index is 0.0412. The lowest BCUT2D eigenvalue weighted by molar-refractivity contribution is -0.137. The molecule has 2 aliphatic rings. The van der Waals surface area contributed by atoms with Gasteiger partial charge in [-0.1, -0.05) is 50.2 Å². The van der Waals surface area contributed by atoms with E-state index >= 15 is 0 Å². The molecule has 5 rings (SSSR count). The highest BCUT2D eigenvalue weighted by atomic mass is 19.1. The zero-order valence-electron chi connectivity index (χ0n) is 27.1. The van der Waals surface area contributed by atoms with Gasteiger partial charge in [-0.05, 0) is 56.2 Å². The number of benzene rings is 2. The number of rotatable bonds is 5. The largest absolute Gasteiger partial charge is 0.355 e. The quantitative estimate of drug-likeness (QED) is 0.385. The molecule has 3 heterocycles. The molecule has 0 aliphatic carbocycles. The van der Waals surface area contributed by atoms with E-state index < -0.39 is 35.8 Å². The van der Waals surface area contributed by atoms with Crippen LogP contribution in [0.15, 0.2) is 48.5 Å². The molecule has 4 amide bonds. The molecule has 250 valence electrons. The predicted octanol–water partition coefficient (Wildman–Crippen LogP) is 2.44. The Hall–Kier alpha value is -4.65. The Kier molecular flexibility index (Phi) is 10.6. The zero-order chi connectivity index (χ0) is 33.7. The lowest BCUT2D eigenvalue weighted by Crippen LogP contribution is -2.55. The van der Waals surface area contributed by atoms with Crippen LogP contribution in [0.3, 0.4) is 0 Å². The molecule has 0 spiro atoms. The molecule has 1 aromatic heterocycles. The number of hydrogen-bond donors (Lipinski definition) is 3. The van der Waals surface area contributed by atoms with Gasteiger partial charge >= 0.3 is 0 Å². The van der Waals surface area contributed by atoms with Crippen molar-refractivity contribution in [1.82, 2.24) is 35.2 Å². The monoisotopic (exact) mass is 646 g/mol. The summed E-state index contributed by atoms with van der Waals surface area (Å²) in [6.45, 7) is 5.82. The van der Waals surface area contributed by atoms with E-state index in [1.807, 2.05) is 44.2 Å². The van der Waals surface area contributed by atoms with Gasteiger partial charge in [0.15, 0.2) is 5.82 Å². The standard InChI is InChI=1S/C34H43FN8O4/c1-21(2)27-18-41(30(45)20-43-32(22(3)36)39-31(40-43)24-10-5-4-6-11-24)19-29(44)37-15-7-9-23-13-14-26(35)25(17-23)34(47)42-16-8-12-28(42)33(46)38-27/h4-6,10-11,13-14,17,21-22,27-28H,7-9,12,15-16,18-20,36H2,1-3H3,(H,37,44)(H,38,46)/t22-,27-,28-/m0/s1. The van der Waals surface area contributed by atoms with Gasteiger partial charge in [0.05, 0.1) is 18.2 Å². The third-order valence-corrected chi connectivity index (χ3v) is 8.70. The van der Waals surface area contributed by atoms with Crippen molar-refractivity contribution in [3.63, 3.8) is 0 Å². The van der Waals surface area contributed by atoms with E-state index in [0.29, 0.717) is 50.4 Å². The number of aryl methyl sites for hydroxylation is 1. The van der Waals surface area contributed by atoms with Gasteiger partial charge in [-0.2, -0.15) is 5.10 Å². The number of nitrogens with one attached hydrogen (secondary N) is 2. The first-order valence-corrected chi connectivity index (χ1v) is 16.2. The van der Waals surface area contributed by atoms with Gasteiger partial charge in [0.1, 0.15) is 24.2 Å². The molecule has 12 nitrogen and oxygen atoms in total. The Morgan fingerprint density at radius 2 is 1.85 bits per heavy atom. The Balaban J connectivity index is 1.42. The molecule has 1 saturated heterocycles. The molecule has 2 bridgehead atoms. The summed E-state index contributed by atoms with van der Waals surface area (Å²) in [4.78, 5) is 61.8. The topological polar surface area (TPSA) is 156 Å². The average Bonchev–Trinajstić information content (AvgIpc) is 3.71. The lowest BCUT2D eigenvalue weighted by Gasteiger charge is -2.32. The van der Waals surface area contributed by atoms with Crippen molar-refractivity contribution in [2.24, 2.45) is 11.7 Å². The molecular formula is C34H43FN8O4. The highest BCUT2D eigenvalue weighted by Crippen LogP contribution is 2.24. The van der Waals surface area contributed by atoms with Crippen molar-refractivity contribution < 1.29 is 23.6 Å². The maximum absolute atomic E-state index is 14.8. The number of halogens is 1. The van der Waals surface area contributed by atoms with Gasteiger partial charge in [0.25, 0.3) is 5.91 Å². The van der Waals surface area contributed by atoms with Crippen LogP contribution >= 0.6 is 0 Å². The summed E-state index contributed by atoms with van der Waals surface area (Å²) in [5.74, 6) is -1.57. The second kappa shape index (κ2) is 14.8. The van der Waals surface area contributed by atoms with Crippen LogP contribution in [-0.2, 0) is 27.3 Å². The van der Waals surface area contributed by atoms with Crippen molar-refractivity contribution in [2.45, 2.75) is 71.1 Å². The first-order chi connectivity index (χ1) is 22.5. The molecule has 2 aromatic carbocycles. The highest BCUT2D eigenvalue weighted by Gasteiger charge is 2.37. The smallest absolute Gasteiger partial charge is 0.257 e. The molecule has 3 atom stereocenters. The number of amides is 4. The highest BCUT2D eigenvalue weighted by molar-refractivity contribution is 5.98. The number of carbonyl (C=O) groups is 4. The van der Waals surface area contributed by atoms with Gasteiger partial charge < -0.3 is 26.2 Å². The summed E-state index contributed by atoms with van der Waals surface area (Å²) in [5.41, 5.74) is 7.67. The van der Waals surface area contributed by atoms with Gasteiger partial charge in [-0.25, -0.2) is 14.1 Å². The predicted molar refractivity (Wildman–Crippen MR) is 173 cm³/mol. The molecule has 0 unspecified atom stereocenters. The summed E-state index contributed by atoms with van der Waals surface area (Å²) in [7, 11) is 0. The van der Waals surface area contributed by atoms with Crippen molar-refractivity contribution in [3.8, 4) is 11.4 Å². The van der Waals surface area contributed by atoms with Crippen LogP contribution in [0.2, 0.25) is 0 Å². The number of fused-ring (bicyclic) bond motifs is 3. The van der Waals surface area contributed by atoms with Crippen LogP contribution in [0, 0.1) is 11.7 Å². The fraction of sp³-hybridized carbons (Fsp3) is 0.471. The van der Waals surface area contributed by atoms with Crippen LogP contribution in [-0.4, -0.2) is 86.5 Å². The van der Waals surface area contributed by atoms with E-state index in [1.54, 1.807) is 13.0 Å². The van der Waals surface area contributed by atoms with Gasteiger partial charge in [-0.3, -0.25) is 19.2 Å². The van der Waals surface area contributed by atoms with E-state index in [0.717, 1.165) is 11.1 Å². The number of carbonyl (C=O) groups excluding carboxylic acids is 4. The normalized spacial score (nSPS) is 20.4. The maximum Gasteiger partial charge on any atom is 0.257 e. The SMILES string of the molecule is CC(C)[C@@H]1CN(C(=O)Cn2nc(-c3ccccc3)nc2[C@H](C)N)CC(=O)NCCCc2ccc(F)c(c2)C(=O)N2CCC[C@H]2C(=O)N1. The first kappa shape index (κ1) is 33.7. The number of aromatic nitrogens is 3. The average molecular weight is 647 g/mol.